The van der Waals surface area contributed by atoms with Crippen molar-refractivity contribution in [2.75, 3.05) is 19.6 Å². The lowest BCUT2D eigenvalue weighted by Gasteiger charge is -2.39. The van der Waals surface area contributed by atoms with E-state index in [0.717, 1.165) is 97.2 Å². The quantitative estimate of drug-likeness (QED) is 0.0469. The van der Waals surface area contributed by atoms with Crippen LogP contribution in [-0.4, -0.2) is 90.4 Å². The Morgan fingerprint density at radius 2 is 1.51 bits per heavy atom. The van der Waals surface area contributed by atoms with E-state index in [4.69, 9.17) is 0 Å². The molecule has 0 aliphatic carbocycles. The van der Waals surface area contributed by atoms with E-state index in [1.165, 1.54) is 32.1 Å². The molecule has 4 amide bonds. The van der Waals surface area contributed by atoms with E-state index in [9.17, 15) is 24.3 Å². The molecule has 3 aromatic heterocycles. The first-order valence-corrected chi connectivity index (χ1v) is 25.5. The van der Waals surface area contributed by atoms with E-state index in [0.29, 0.717) is 49.3 Å². The Morgan fingerprint density at radius 3 is 2.15 bits per heavy atom. The Balaban J connectivity index is 0.694. The van der Waals surface area contributed by atoms with Gasteiger partial charge in [-0.15, -0.1) is 21.5 Å². The predicted octanol–water partition coefficient (Wildman–Crippen LogP) is 9.99. The Kier molecular flexibility index (Phi) is 17.2. The molecule has 0 unspecified atom stereocenters. The number of aryl methyl sites for hydroxylation is 1. The molecule has 358 valence electrons. The third-order valence-corrected chi connectivity index (χ3v) is 14.5. The molecular weight excluding hydrogens is 861 g/mol. The summed E-state index contributed by atoms with van der Waals surface area (Å²) in [5.74, 6) is 0.233. The maximum Gasteiger partial charge on any atom is 0.246 e. The summed E-state index contributed by atoms with van der Waals surface area (Å²) in [4.78, 5) is 65.8. The number of phenols is 1. The minimum atomic E-state index is -0.707. The first kappa shape index (κ1) is 49.3. The Morgan fingerprint density at radius 1 is 0.851 bits per heavy atom. The molecule has 0 spiro atoms. The molecule has 2 saturated heterocycles. The van der Waals surface area contributed by atoms with Crippen LogP contribution >= 0.6 is 11.3 Å². The van der Waals surface area contributed by atoms with Crippen molar-refractivity contribution in [3.63, 3.8) is 0 Å². The van der Waals surface area contributed by atoms with Crippen LogP contribution in [0.3, 0.4) is 0 Å². The van der Waals surface area contributed by atoms with Crippen LogP contribution in [0.2, 0.25) is 0 Å². The topological polar surface area (TPSA) is 174 Å². The predicted molar refractivity (Wildman–Crippen MR) is 265 cm³/mol. The van der Waals surface area contributed by atoms with Crippen LogP contribution in [0.25, 0.3) is 32.7 Å². The van der Waals surface area contributed by atoms with Crippen molar-refractivity contribution in [3.05, 3.63) is 83.1 Å². The number of benzene rings is 2. The van der Waals surface area contributed by atoms with Gasteiger partial charge >= 0.3 is 0 Å². The molecule has 2 atom stereocenters. The van der Waals surface area contributed by atoms with Gasteiger partial charge in [0.25, 0.3) is 0 Å². The van der Waals surface area contributed by atoms with Gasteiger partial charge in [-0.3, -0.25) is 19.2 Å². The first-order chi connectivity index (χ1) is 32.4. The maximum absolute atomic E-state index is 14.0. The van der Waals surface area contributed by atoms with E-state index < -0.39 is 17.5 Å². The highest BCUT2D eigenvalue weighted by atomic mass is 32.1. The highest BCUT2D eigenvalue weighted by molar-refractivity contribution is 7.13. The summed E-state index contributed by atoms with van der Waals surface area (Å²) in [5.41, 5.74) is 7.49. The number of hydrogen-bond donors (Lipinski definition) is 4. The number of likely N-dealkylation sites (tertiary alicyclic amines) is 2. The number of unbranched alkanes of at least 4 members (excludes halogenated alkanes) is 11. The van der Waals surface area contributed by atoms with Gasteiger partial charge in [0.2, 0.25) is 23.6 Å². The number of aromatic hydroxyl groups is 1. The number of fused-ring (bicyclic) bond motifs is 1. The molecule has 5 aromatic rings. The molecule has 2 aliphatic rings. The zero-order valence-corrected chi connectivity index (χ0v) is 40.8. The number of aromatic amines is 1. The number of rotatable bonds is 23. The van der Waals surface area contributed by atoms with Gasteiger partial charge in [-0.25, -0.2) is 4.98 Å². The fourth-order valence-electron chi connectivity index (χ4n) is 9.37. The second kappa shape index (κ2) is 23.4. The van der Waals surface area contributed by atoms with Crippen molar-refractivity contribution in [1.29, 1.82) is 0 Å². The lowest BCUT2D eigenvalue weighted by molar-refractivity contribution is -0.143. The Hall–Kier alpha value is -5.63. The molecule has 67 heavy (non-hydrogen) atoms. The molecule has 2 fully saturated rings. The number of amides is 4. The minimum Gasteiger partial charge on any atom is -0.507 e. The van der Waals surface area contributed by atoms with Gasteiger partial charge in [0.05, 0.1) is 21.8 Å². The van der Waals surface area contributed by atoms with Gasteiger partial charge in [-0.1, -0.05) is 121 Å². The molecule has 2 aromatic carbocycles. The average Bonchev–Trinajstić information content (AvgIpc) is 4.07. The maximum atomic E-state index is 14.0. The van der Waals surface area contributed by atoms with Crippen molar-refractivity contribution < 1.29 is 24.3 Å². The third-order valence-electron chi connectivity index (χ3n) is 13.5. The van der Waals surface area contributed by atoms with Crippen LogP contribution in [0.1, 0.15) is 146 Å². The zero-order chi connectivity index (χ0) is 47.3. The van der Waals surface area contributed by atoms with Gasteiger partial charge in [0, 0.05) is 61.6 Å². The van der Waals surface area contributed by atoms with Gasteiger partial charge in [0.15, 0.2) is 5.65 Å². The van der Waals surface area contributed by atoms with Crippen LogP contribution < -0.4 is 10.6 Å². The summed E-state index contributed by atoms with van der Waals surface area (Å²) in [6, 6.07) is 18.0. The van der Waals surface area contributed by atoms with Crippen molar-refractivity contribution in [2.45, 2.75) is 155 Å². The third kappa shape index (κ3) is 13.3. The molecular formula is C53H70N8O5S. The fourth-order valence-corrected chi connectivity index (χ4v) is 10.2. The SMILES string of the molecule is Cc1ncsc1-c1ccc(CNC(=O)[C@@H]2CCCN2C(=O)[C@@H](NC(=O)CCCCCCCCCCCCCCC(=O)N2CC(c3cc4cc(-c5ccccc5O)nnc4[nH]3)C2)C(C)(C)C)cc1. The summed E-state index contributed by atoms with van der Waals surface area (Å²) in [7, 11) is 0. The van der Waals surface area contributed by atoms with Crippen LogP contribution in [0.4, 0.5) is 0 Å². The number of aromatic nitrogens is 4. The van der Waals surface area contributed by atoms with Crippen LogP contribution in [0, 0.1) is 12.3 Å². The van der Waals surface area contributed by atoms with Crippen molar-refractivity contribution in [1.82, 2.24) is 40.6 Å². The van der Waals surface area contributed by atoms with Crippen LogP contribution in [0.15, 0.2) is 66.2 Å². The summed E-state index contributed by atoms with van der Waals surface area (Å²) in [6.45, 7) is 10.2. The molecule has 7 rings (SSSR count). The Labute approximate surface area is 399 Å². The lowest BCUT2D eigenvalue weighted by atomic mass is 9.85. The highest BCUT2D eigenvalue weighted by Gasteiger charge is 2.42. The van der Waals surface area contributed by atoms with E-state index >= 15 is 0 Å². The lowest BCUT2D eigenvalue weighted by Crippen LogP contribution is -2.57. The minimum absolute atomic E-state index is 0.108. The van der Waals surface area contributed by atoms with Gasteiger partial charge in [-0.05, 0) is 73.4 Å². The number of carbonyl (C=O) groups excluding carboxylic acids is 4. The second-order valence-electron chi connectivity index (χ2n) is 19.8. The molecule has 0 bridgehead atoms. The number of para-hydroxylation sites is 1. The molecule has 5 heterocycles. The summed E-state index contributed by atoms with van der Waals surface area (Å²) >= 11 is 1.61. The van der Waals surface area contributed by atoms with E-state index in [1.54, 1.807) is 28.4 Å². The largest absolute Gasteiger partial charge is 0.507 e. The summed E-state index contributed by atoms with van der Waals surface area (Å²) < 4.78 is 0. The number of H-pyrrole nitrogens is 1. The molecule has 13 nitrogen and oxygen atoms in total. The van der Waals surface area contributed by atoms with Gasteiger partial charge in [-0.2, -0.15) is 0 Å². The van der Waals surface area contributed by atoms with Crippen molar-refractivity contribution in [3.8, 4) is 27.4 Å². The molecule has 0 radical (unpaired) electrons. The first-order valence-electron chi connectivity index (χ1n) is 24.6. The molecule has 14 heteroatoms. The molecule has 0 saturated carbocycles. The monoisotopic (exact) mass is 931 g/mol. The van der Waals surface area contributed by atoms with Crippen LogP contribution in [0.5, 0.6) is 5.75 Å². The normalized spacial score (nSPS) is 15.7. The number of nitrogens with one attached hydrogen (secondary N) is 3. The van der Waals surface area contributed by atoms with Gasteiger partial charge in [0.1, 0.15) is 17.8 Å². The zero-order valence-electron chi connectivity index (χ0n) is 39.9. The Bertz CT molecular complexity index is 2430. The van der Waals surface area contributed by atoms with E-state index in [-0.39, 0.29) is 35.3 Å². The standard InChI is InChI=1S/C53H70N8O5S/c1-36-48(67-35-55-36)38-27-25-37(26-28-38)32-54-51(65)44-21-19-29-61(44)52(66)49(53(2,3)4)57-46(63)23-15-13-11-9-7-5-6-8-10-12-14-16-24-47(64)60-33-40(34-60)42-30-39-31-43(58-59-50(39)56-42)41-20-17-18-22-45(41)62/h17-18,20,22,25-28,30-31,35,40,44,49,62H,5-16,19,21,23-24,29,32-34H2,1-4H3,(H,54,65)(H,56,59)(H,57,63)/t44-,49+/m0/s1. The van der Waals surface area contributed by atoms with Crippen LogP contribution in [-0.2, 0) is 25.7 Å². The average molecular weight is 931 g/mol. The van der Waals surface area contributed by atoms with Gasteiger partial charge < -0.3 is 30.5 Å². The van der Waals surface area contributed by atoms with E-state index in [2.05, 4.69) is 49.0 Å². The second-order valence-corrected chi connectivity index (χ2v) is 20.6. The van der Waals surface area contributed by atoms with E-state index in [1.807, 2.05) is 68.4 Å². The number of nitrogens with zero attached hydrogens (tertiary/aromatic N) is 5. The summed E-state index contributed by atoms with van der Waals surface area (Å²) in [5, 5.41) is 25.9. The number of hydrogen-bond acceptors (Lipinski definition) is 9. The number of carbonyl (C=O) groups is 4. The molecule has 4 N–H and O–H groups in total. The highest BCUT2D eigenvalue weighted by Crippen LogP contribution is 2.33. The number of phenolic OH excluding ortho intramolecular Hbond substituents is 1. The fraction of sp³-hybridized carbons (Fsp3) is 0.528. The number of thiazole rings is 1. The van der Waals surface area contributed by atoms with Crippen molar-refractivity contribution >= 4 is 46.0 Å². The summed E-state index contributed by atoms with van der Waals surface area (Å²) in [6.07, 6.45) is 15.7. The van der Waals surface area contributed by atoms with Crippen molar-refractivity contribution in [2.24, 2.45) is 5.41 Å². The molecule has 2 aliphatic heterocycles. The smallest absolute Gasteiger partial charge is 0.246 e.